The molecule has 1 saturated heterocycles. The molecule has 2 atom stereocenters. The molecule has 166 valence electrons. The highest BCUT2D eigenvalue weighted by molar-refractivity contribution is 7.99. The second kappa shape index (κ2) is 9.24. The fourth-order valence-corrected chi connectivity index (χ4v) is 5.07. The quantitative estimate of drug-likeness (QED) is 0.541. The van der Waals surface area contributed by atoms with E-state index in [1.54, 1.807) is 0 Å². The lowest BCUT2D eigenvalue weighted by molar-refractivity contribution is -0.131. The van der Waals surface area contributed by atoms with E-state index in [2.05, 4.69) is 17.1 Å². The van der Waals surface area contributed by atoms with E-state index < -0.39 is 6.10 Å². The first-order valence-electron chi connectivity index (χ1n) is 11.0. The molecular formula is C24H26N4O3S. The van der Waals surface area contributed by atoms with E-state index in [0.717, 1.165) is 30.8 Å². The normalized spacial score (nSPS) is 20.2. The van der Waals surface area contributed by atoms with Crippen LogP contribution in [0.15, 0.2) is 59.8 Å². The van der Waals surface area contributed by atoms with Gasteiger partial charge in [-0.05, 0) is 50.5 Å². The number of amides is 1. The van der Waals surface area contributed by atoms with E-state index in [9.17, 15) is 4.79 Å². The molecule has 0 saturated carbocycles. The standard InChI is InChI=1S/C24H26N4O3S/c1-17-9-7-8-14-27(17)22(29)16-32-24-26-25-23(28(24)18-10-3-2-4-11-18)21-15-30-19-12-5-6-13-20(19)31-21/h2-6,10-13,17,21H,7-9,14-16H2,1H3/t17-,21-/m1/s1. The van der Waals surface area contributed by atoms with Gasteiger partial charge in [0.05, 0.1) is 5.75 Å². The summed E-state index contributed by atoms with van der Waals surface area (Å²) < 4.78 is 14.1. The Labute approximate surface area is 191 Å². The van der Waals surface area contributed by atoms with Crippen LogP contribution in [0.2, 0.25) is 0 Å². The van der Waals surface area contributed by atoms with E-state index in [1.807, 2.05) is 64.1 Å². The van der Waals surface area contributed by atoms with Crippen molar-refractivity contribution in [3.63, 3.8) is 0 Å². The summed E-state index contributed by atoms with van der Waals surface area (Å²) >= 11 is 1.42. The molecule has 0 radical (unpaired) electrons. The Hall–Kier alpha value is -3.00. The summed E-state index contributed by atoms with van der Waals surface area (Å²) in [5.74, 6) is 2.56. The Kier molecular flexibility index (Phi) is 6.03. The minimum atomic E-state index is -0.398. The first-order valence-corrected chi connectivity index (χ1v) is 12.0. The van der Waals surface area contributed by atoms with Crippen molar-refractivity contribution in [3.05, 3.63) is 60.4 Å². The number of carbonyl (C=O) groups is 1. The first-order chi connectivity index (χ1) is 15.7. The van der Waals surface area contributed by atoms with Gasteiger partial charge in [0.2, 0.25) is 5.91 Å². The molecule has 0 bridgehead atoms. The largest absolute Gasteiger partial charge is 0.485 e. The maximum absolute atomic E-state index is 12.9. The van der Waals surface area contributed by atoms with Gasteiger partial charge in [-0.3, -0.25) is 9.36 Å². The van der Waals surface area contributed by atoms with Gasteiger partial charge >= 0.3 is 0 Å². The monoisotopic (exact) mass is 450 g/mol. The van der Waals surface area contributed by atoms with Gasteiger partial charge in [-0.1, -0.05) is 42.1 Å². The summed E-state index contributed by atoms with van der Waals surface area (Å²) in [4.78, 5) is 14.9. The number of hydrogen-bond donors (Lipinski definition) is 0. The molecule has 2 aliphatic heterocycles. The van der Waals surface area contributed by atoms with E-state index in [-0.39, 0.29) is 5.91 Å². The number of nitrogens with zero attached hydrogens (tertiary/aromatic N) is 4. The van der Waals surface area contributed by atoms with Crippen molar-refractivity contribution >= 4 is 17.7 Å². The van der Waals surface area contributed by atoms with Crippen LogP contribution in [-0.2, 0) is 4.79 Å². The smallest absolute Gasteiger partial charge is 0.233 e. The second-order valence-electron chi connectivity index (χ2n) is 8.10. The van der Waals surface area contributed by atoms with Gasteiger partial charge in [0.1, 0.15) is 6.61 Å². The topological polar surface area (TPSA) is 69.5 Å². The van der Waals surface area contributed by atoms with Crippen molar-refractivity contribution in [2.75, 3.05) is 18.9 Å². The van der Waals surface area contributed by atoms with Crippen molar-refractivity contribution in [1.29, 1.82) is 0 Å². The third-order valence-corrected chi connectivity index (χ3v) is 6.83. The van der Waals surface area contributed by atoms with Crippen molar-refractivity contribution in [3.8, 4) is 17.2 Å². The lowest BCUT2D eigenvalue weighted by Crippen LogP contribution is -2.43. The SMILES string of the molecule is C[C@@H]1CCCCN1C(=O)CSc1nnc([C@H]2COc3ccccc3O2)n1-c1ccccc1. The number of hydrogen-bond acceptors (Lipinski definition) is 6. The van der Waals surface area contributed by atoms with Gasteiger partial charge in [0.15, 0.2) is 28.6 Å². The number of likely N-dealkylation sites (tertiary alicyclic amines) is 1. The summed E-state index contributed by atoms with van der Waals surface area (Å²) in [6.07, 6.45) is 2.94. The maximum atomic E-state index is 12.9. The molecule has 3 aromatic rings. The fraction of sp³-hybridized carbons (Fsp3) is 0.375. The van der Waals surface area contributed by atoms with Gasteiger partial charge in [-0.2, -0.15) is 0 Å². The molecule has 3 heterocycles. The first kappa shape index (κ1) is 20.9. The molecule has 7 nitrogen and oxygen atoms in total. The number of benzene rings is 2. The summed E-state index contributed by atoms with van der Waals surface area (Å²) in [6.45, 7) is 3.31. The molecule has 1 amide bonds. The second-order valence-corrected chi connectivity index (χ2v) is 9.04. The zero-order chi connectivity index (χ0) is 21.9. The molecule has 5 rings (SSSR count). The van der Waals surface area contributed by atoms with Gasteiger partial charge in [0.25, 0.3) is 0 Å². The van der Waals surface area contributed by atoms with Crippen LogP contribution in [0.3, 0.4) is 0 Å². The summed E-state index contributed by atoms with van der Waals surface area (Å²) in [7, 11) is 0. The highest BCUT2D eigenvalue weighted by Gasteiger charge is 2.30. The Morgan fingerprint density at radius 3 is 2.66 bits per heavy atom. The third kappa shape index (κ3) is 4.19. The van der Waals surface area contributed by atoms with Gasteiger partial charge < -0.3 is 14.4 Å². The molecule has 8 heteroatoms. The van der Waals surface area contributed by atoms with Crippen LogP contribution >= 0.6 is 11.8 Å². The molecular weight excluding hydrogens is 424 g/mol. The van der Waals surface area contributed by atoms with Gasteiger partial charge in [-0.25, -0.2) is 0 Å². The molecule has 0 unspecified atom stereocenters. The van der Waals surface area contributed by atoms with E-state index in [4.69, 9.17) is 9.47 Å². The van der Waals surface area contributed by atoms with E-state index >= 15 is 0 Å². The van der Waals surface area contributed by atoms with Gasteiger partial charge in [0, 0.05) is 18.3 Å². The molecule has 32 heavy (non-hydrogen) atoms. The number of rotatable bonds is 5. The number of para-hydroxylation sites is 3. The van der Waals surface area contributed by atoms with Crippen LogP contribution in [-0.4, -0.2) is 50.5 Å². The molecule has 2 aromatic carbocycles. The van der Waals surface area contributed by atoms with E-state index in [0.29, 0.717) is 35.1 Å². The van der Waals surface area contributed by atoms with E-state index in [1.165, 1.54) is 18.2 Å². The van der Waals surface area contributed by atoms with Crippen molar-refractivity contribution in [2.24, 2.45) is 0 Å². The predicted octanol–water partition coefficient (Wildman–Crippen LogP) is 4.27. The van der Waals surface area contributed by atoms with Gasteiger partial charge in [-0.15, -0.1) is 10.2 Å². The van der Waals surface area contributed by atoms with Crippen LogP contribution in [0.1, 0.15) is 38.1 Å². The Bertz CT molecular complexity index is 1090. The summed E-state index contributed by atoms with van der Waals surface area (Å²) in [5.41, 5.74) is 0.927. The highest BCUT2D eigenvalue weighted by atomic mass is 32.2. The van der Waals surface area contributed by atoms with Crippen LogP contribution in [0.4, 0.5) is 0 Å². The Balaban J connectivity index is 1.40. The van der Waals surface area contributed by atoms with Crippen molar-refractivity contribution < 1.29 is 14.3 Å². The highest BCUT2D eigenvalue weighted by Crippen LogP contribution is 2.37. The number of carbonyl (C=O) groups excluding carboxylic acids is 1. The lowest BCUT2D eigenvalue weighted by Gasteiger charge is -2.33. The summed E-state index contributed by atoms with van der Waals surface area (Å²) in [6, 6.07) is 17.8. The molecule has 1 fully saturated rings. The zero-order valence-corrected chi connectivity index (χ0v) is 18.8. The number of piperidine rings is 1. The third-order valence-electron chi connectivity index (χ3n) is 5.92. The number of aromatic nitrogens is 3. The van der Waals surface area contributed by atoms with Crippen LogP contribution < -0.4 is 9.47 Å². The Morgan fingerprint density at radius 1 is 1.06 bits per heavy atom. The fourth-order valence-electron chi connectivity index (χ4n) is 4.23. The lowest BCUT2D eigenvalue weighted by atomic mass is 10.0. The average Bonchev–Trinajstić information content (AvgIpc) is 3.27. The number of thioether (sulfide) groups is 1. The summed E-state index contributed by atoms with van der Waals surface area (Å²) in [5, 5.41) is 9.56. The predicted molar refractivity (Wildman–Crippen MR) is 122 cm³/mol. The number of fused-ring (bicyclic) bond motifs is 1. The molecule has 2 aliphatic rings. The Morgan fingerprint density at radius 2 is 1.84 bits per heavy atom. The minimum Gasteiger partial charge on any atom is -0.485 e. The number of ether oxygens (including phenoxy) is 2. The van der Waals surface area contributed by atoms with Crippen LogP contribution in [0, 0.1) is 0 Å². The molecule has 1 aromatic heterocycles. The zero-order valence-electron chi connectivity index (χ0n) is 18.0. The van der Waals surface area contributed by atoms with Crippen LogP contribution in [0.5, 0.6) is 11.5 Å². The molecule has 0 N–H and O–H groups in total. The van der Waals surface area contributed by atoms with Crippen molar-refractivity contribution in [1.82, 2.24) is 19.7 Å². The molecule has 0 spiro atoms. The minimum absolute atomic E-state index is 0.150. The maximum Gasteiger partial charge on any atom is 0.233 e. The van der Waals surface area contributed by atoms with Crippen molar-refractivity contribution in [2.45, 2.75) is 43.5 Å². The average molecular weight is 451 g/mol. The van der Waals surface area contributed by atoms with Crippen LogP contribution in [0.25, 0.3) is 5.69 Å². The molecule has 0 aliphatic carbocycles.